The topological polar surface area (TPSA) is 57.2 Å². The number of hydrogen-bond acceptors (Lipinski definition) is 3. The van der Waals surface area contributed by atoms with Gasteiger partial charge in [0.2, 0.25) is 5.91 Å². The molecule has 22 heavy (non-hydrogen) atoms. The number of para-hydroxylation sites is 1. The highest BCUT2D eigenvalue weighted by Gasteiger charge is 2.19. The molecular formula is C17H13N3OS. The molecule has 1 aromatic heterocycles. The minimum atomic E-state index is 0.00449. The zero-order valence-corrected chi connectivity index (χ0v) is 12.5. The van der Waals surface area contributed by atoms with Gasteiger partial charge in [-0.3, -0.25) is 4.79 Å². The van der Waals surface area contributed by atoms with Crippen LogP contribution < -0.4 is 5.32 Å². The first-order chi connectivity index (χ1) is 10.8. The predicted molar refractivity (Wildman–Crippen MR) is 91.4 cm³/mol. The molecule has 1 aliphatic heterocycles. The van der Waals surface area contributed by atoms with Gasteiger partial charge in [-0.15, -0.1) is 0 Å². The summed E-state index contributed by atoms with van der Waals surface area (Å²) in [7, 11) is 0. The van der Waals surface area contributed by atoms with Crippen molar-refractivity contribution in [3.05, 3.63) is 54.6 Å². The molecule has 0 unspecified atom stereocenters. The van der Waals surface area contributed by atoms with Crippen molar-refractivity contribution in [2.24, 2.45) is 4.99 Å². The lowest BCUT2D eigenvalue weighted by molar-refractivity contribution is -0.116. The van der Waals surface area contributed by atoms with Gasteiger partial charge in [-0.25, -0.2) is 4.99 Å². The lowest BCUT2D eigenvalue weighted by Crippen LogP contribution is -2.19. The highest BCUT2D eigenvalue weighted by atomic mass is 32.2. The average molecular weight is 307 g/mol. The lowest BCUT2D eigenvalue weighted by atomic mass is 10.1. The number of benzene rings is 2. The highest BCUT2D eigenvalue weighted by molar-refractivity contribution is 8.15. The molecule has 0 radical (unpaired) electrons. The predicted octanol–water partition coefficient (Wildman–Crippen LogP) is 3.69. The van der Waals surface area contributed by atoms with Gasteiger partial charge in [0.15, 0.2) is 5.17 Å². The van der Waals surface area contributed by atoms with E-state index < -0.39 is 0 Å². The molecule has 5 heteroatoms. The van der Waals surface area contributed by atoms with Gasteiger partial charge in [0.25, 0.3) is 0 Å². The number of aliphatic imine (C=N–C) groups is 1. The molecular weight excluding hydrogens is 294 g/mol. The number of nitrogens with one attached hydrogen (secondary N) is 2. The molecule has 2 N–H and O–H groups in total. The molecule has 0 saturated carbocycles. The van der Waals surface area contributed by atoms with Gasteiger partial charge in [0.05, 0.1) is 17.1 Å². The van der Waals surface area contributed by atoms with E-state index in [9.17, 15) is 4.79 Å². The van der Waals surface area contributed by atoms with E-state index in [-0.39, 0.29) is 5.91 Å². The maximum absolute atomic E-state index is 11.4. The second kappa shape index (κ2) is 5.35. The Morgan fingerprint density at radius 3 is 2.55 bits per heavy atom. The molecule has 4 nitrogen and oxygen atoms in total. The van der Waals surface area contributed by atoms with Gasteiger partial charge in [-0.1, -0.05) is 60.3 Å². The number of rotatable bonds is 2. The van der Waals surface area contributed by atoms with Crippen LogP contribution >= 0.6 is 11.8 Å². The first kappa shape index (κ1) is 13.2. The third-order valence-corrected chi connectivity index (χ3v) is 4.41. The lowest BCUT2D eigenvalue weighted by Gasteiger charge is -2.02. The molecule has 0 aliphatic carbocycles. The molecule has 1 fully saturated rings. The molecule has 0 spiro atoms. The number of nitrogens with zero attached hydrogens (tertiary/aromatic N) is 1. The van der Waals surface area contributed by atoms with Crippen LogP contribution in [0.4, 0.5) is 5.69 Å². The molecule has 3 aromatic rings. The van der Waals surface area contributed by atoms with Gasteiger partial charge in [0, 0.05) is 16.5 Å². The molecule has 0 atom stereocenters. The zero-order chi connectivity index (χ0) is 14.9. The SMILES string of the molecule is O=C1CSC(=Nc2c(-c3ccccc3)[nH]c3ccccc23)N1. The number of aromatic nitrogens is 1. The van der Waals surface area contributed by atoms with E-state index in [1.807, 2.05) is 42.5 Å². The van der Waals surface area contributed by atoms with Crippen molar-refractivity contribution in [3.8, 4) is 11.3 Å². The summed E-state index contributed by atoms with van der Waals surface area (Å²) in [5.41, 5.74) is 3.95. The highest BCUT2D eigenvalue weighted by Crippen LogP contribution is 2.37. The van der Waals surface area contributed by atoms with E-state index in [4.69, 9.17) is 0 Å². The zero-order valence-electron chi connectivity index (χ0n) is 11.7. The van der Waals surface area contributed by atoms with Crippen LogP contribution in [-0.4, -0.2) is 21.8 Å². The number of amidine groups is 1. The van der Waals surface area contributed by atoms with Gasteiger partial charge in [0.1, 0.15) is 0 Å². The van der Waals surface area contributed by atoms with Crippen molar-refractivity contribution in [1.82, 2.24) is 10.3 Å². The van der Waals surface area contributed by atoms with Crippen molar-refractivity contribution in [1.29, 1.82) is 0 Å². The quantitative estimate of drug-likeness (QED) is 0.758. The summed E-state index contributed by atoms with van der Waals surface area (Å²) < 4.78 is 0. The molecule has 1 saturated heterocycles. The number of thioether (sulfide) groups is 1. The van der Waals surface area contributed by atoms with Crippen LogP contribution in [0.2, 0.25) is 0 Å². The van der Waals surface area contributed by atoms with Crippen molar-refractivity contribution < 1.29 is 4.79 Å². The minimum Gasteiger partial charge on any atom is -0.353 e. The second-order valence-corrected chi connectivity index (χ2v) is 5.98. The Bertz CT molecular complexity index is 883. The Labute approximate surface area is 131 Å². The monoisotopic (exact) mass is 307 g/mol. The number of hydrogen-bond donors (Lipinski definition) is 2. The van der Waals surface area contributed by atoms with E-state index >= 15 is 0 Å². The van der Waals surface area contributed by atoms with Gasteiger partial charge in [-0.05, 0) is 6.07 Å². The summed E-state index contributed by atoms with van der Waals surface area (Å²) >= 11 is 1.44. The fourth-order valence-electron chi connectivity index (χ4n) is 2.54. The molecule has 108 valence electrons. The van der Waals surface area contributed by atoms with Crippen molar-refractivity contribution in [2.45, 2.75) is 0 Å². The molecule has 0 bridgehead atoms. The third-order valence-electron chi connectivity index (χ3n) is 3.54. The van der Waals surface area contributed by atoms with Crippen LogP contribution in [0.1, 0.15) is 0 Å². The Balaban J connectivity index is 1.93. The standard InChI is InChI=1S/C17H13N3OS/c21-14-10-22-17(19-14)20-16-12-8-4-5-9-13(12)18-15(16)11-6-2-1-3-7-11/h1-9,18H,10H2,(H,19,20,21). The van der Waals surface area contributed by atoms with Gasteiger partial charge < -0.3 is 10.3 Å². The van der Waals surface area contributed by atoms with E-state index in [1.165, 1.54) is 11.8 Å². The first-order valence-corrected chi connectivity index (χ1v) is 7.97. The summed E-state index contributed by atoms with van der Waals surface area (Å²) in [5.74, 6) is 0.437. The van der Waals surface area contributed by atoms with Crippen LogP contribution in [0.15, 0.2) is 59.6 Å². The Morgan fingerprint density at radius 1 is 1.00 bits per heavy atom. The van der Waals surface area contributed by atoms with Crippen LogP contribution in [0.3, 0.4) is 0 Å². The number of carbonyl (C=O) groups excluding carboxylic acids is 1. The molecule has 2 heterocycles. The summed E-state index contributed by atoms with van der Waals surface area (Å²) in [6, 6.07) is 18.2. The second-order valence-electron chi connectivity index (χ2n) is 5.01. The van der Waals surface area contributed by atoms with Crippen LogP contribution in [0, 0.1) is 0 Å². The van der Waals surface area contributed by atoms with Crippen molar-refractivity contribution in [3.63, 3.8) is 0 Å². The maximum atomic E-state index is 11.4. The smallest absolute Gasteiger partial charge is 0.236 e. The van der Waals surface area contributed by atoms with E-state index in [2.05, 4.69) is 27.4 Å². The van der Waals surface area contributed by atoms with Crippen LogP contribution in [-0.2, 0) is 4.79 Å². The summed E-state index contributed by atoms with van der Waals surface area (Å²) in [4.78, 5) is 19.5. The molecule has 2 aromatic carbocycles. The number of carbonyl (C=O) groups is 1. The third kappa shape index (κ3) is 2.29. The summed E-state index contributed by atoms with van der Waals surface area (Å²) in [6.07, 6.45) is 0. The maximum Gasteiger partial charge on any atom is 0.236 e. The van der Waals surface area contributed by atoms with Crippen molar-refractivity contribution in [2.75, 3.05) is 5.75 Å². The van der Waals surface area contributed by atoms with E-state index in [0.717, 1.165) is 27.8 Å². The number of aromatic amines is 1. The Morgan fingerprint density at radius 2 is 1.77 bits per heavy atom. The fourth-order valence-corrected chi connectivity index (χ4v) is 3.23. The molecule has 4 rings (SSSR count). The normalized spacial score (nSPS) is 16.4. The Kier molecular flexibility index (Phi) is 3.20. The summed E-state index contributed by atoms with van der Waals surface area (Å²) in [5, 5.41) is 4.51. The molecule has 1 aliphatic rings. The molecule has 1 amide bonds. The van der Waals surface area contributed by atoms with Crippen molar-refractivity contribution >= 4 is 39.4 Å². The number of amides is 1. The number of H-pyrrole nitrogens is 1. The van der Waals surface area contributed by atoms with Gasteiger partial charge in [-0.2, -0.15) is 0 Å². The summed E-state index contributed by atoms with van der Waals surface area (Å²) in [6.45, 7) is 0. The largest absolute Gasteiger partial charge is 0.353 e. The van der Waals surface area contributed by atoms with E-state index in [1.54, 1.807) is 0 Å². The van der Waals surface area contributed by atoms with Crippen LogP contribution in [0.25, 0.3) is 22.2 Å². The fraction of sp³-hybridized carbons (Fsp3) is 0.0588. The van der Waals surface area contributed by atoms with Crippen LogP contribution in [0.5, 0.6) is 0 Å². The number of fused-ring (bicyclic) bond motifs is 1. The first-order valence-electron chi connectivity index (χ1n) is 6.99. The van der Waals surface area contributed by atoms with Gasteiger partial charge >= 0.3 is 0 Å². The minimum absolute atomic E-state index is 0.00449. The average Bonchev–Trinajstić information content (AvgIpc) is 3.13. The Hall–Kier alpha value is -2.53. The van der Waals surface area contributed by atoms with E-state index in [0.29, 0.717) is 10.9 Å².